The maximum absolute atomic E-state index is 5.75. The molecule has 3 rings (SSSR count). The summed E-state index contributed by atoms with van der Waals surface area (Å²) in [6.45, 7) is 4.68. The number of aromatic amines is 1. The van der Waals surface area contributed by atoms with Crippen molar-refractivity contribution in [2.75, 3.05) is 0 Å². The number of nitrogens with zero attached hydrogens (tertiary/aromatic N) is 1. The van der Waals surface area contributed by atoms with Crippen LogP contribution in [0.1, 0.15) is 15.4 Å². The smallest absolute Gasteiger partial charge is 0.140 e. The van der Waals surface area contributed by atoms with E-state index in [9.17, 15) is 0 Å². The zero-order chi connectivity index (χ0) is 12.5. The van der Waals surface area contributed by atoms with E-state index < -0.39 is 0 Å². The minimum Gasteiger partial charge on any atom is -0.486 e. The van der Waals surface area contributed by atoms with Crippen LogP contribution in [-0.2, 0) is 6.61 Å². The maximum Gasteiger partial charge on any atom is 0.140 e. The molecule has 2 aromatic heterocycles. The number of hydrogen-bond donors (Lipinski definition) is 1. The van der Waals surface area contributed by atoms with Gasteiger partial charge < -0.3 is 9.72 Å². The number of aromatic nitrogens is 2. The molecule has 4 heteroatoms. The summed E-state index contributed by atoms with van der Waals surface area (Å²) in [6.07, 6.45) is 3.89. The van der Waals surface area contributed by atoms with E-state index in [0.29, 0.717) is 6.61 Å². The summed E-state index contributed by atoms with van der Waals surface area (Å²) >= 11 is 1.67. The summed E-state index contributed by atoms with van der Waals surface area (Å²) in [5.74, 6) is 0.872. The van der Waals surface area contributed by atoms with E-state index in [-0.39, 0.29) is 0 Å². The highest BCUT2D eigenvalue weighted by atomic mass is 32.1. The van der Waals surface area contributed by atoms with Gasteiger partial charge in [-0.2, -0.15) is 0 Å². The molecular formula is C14H14N2OS. The Bertz CT molecular complexity index is 684. The van der Waals surface area contributed by atoms with E-state index in [1.807, 2.05) is 24.5 Å². The van der Waals surface area contributed by atoms with Crippen molar-refractivity contribution in [3.63, 3.8) is 0 Å². The van der Waals surface area contributed by atoms with Gasteiger partial charge in [-0.15, -0.1) is 11.3 Å². The molecule has 0 bridgehead atoms. The van der Waals surface area contributed by atoms with Crippen LogP contribution in [0.25, 0.3) is 10.9 Å². The van der Waals surface area contributed by atoms with Gasteiger partial charge in [-0.05, 0) is 31.5 Å². The molecule has 1 aromatic carbocycles. The summed E-state index contributed by atoms with van der Waals surface area (Å²) in [7, 11) is 0. The van der Waals surface area contributed by atoms with Gasteiger partial charge >= 0.3 is 0 Å². The second-order valence-corrected chi connectivity index (χ2v) is 5.65. The summed E-state index contributed by atoms with van der Waals surface area (Å²) in [6, 6.07) is 6.12. The number of thiazole rings is 1. The molecule has 0 aliphatic carbocycles. The lowest BCUT2D eigenvalue weighted by molar-refractivity contribution is 0.306. The molecule has 0 saturated carbocycles. The minimum absolute atomic E-state index is 0.531. The number of nitrogens with one attached hydrogen (secondary N) is 1. The summed E-state index contributed by atoms with van der Waals surface area (Å²) in [5, 5.41) is 2.25. The normalized spacial score (nSPS) is 11.0. The van der Waals surface area contributed by atoms with E-state index >= 15 is 0 Å². The molecule has 3 nitrogen and oxygen atoms in total. The second kappa shape index (κ2) is 4.46. The van der Waals surface area contributed by atoms with Gasteiger partial charge in [-0.3, -0.25) is 0 Å². The van der Waals surface area contributed by atoms with Crippen LogP contribution in [-0.4, -0.2) is 9.97 Å². The van der Waals surface area contributed by atoms with Crippen LogP contribution in [0.3, 0.4) is 0 Å². The van der Waals surface area contributed by atoms with Crippen molar-refractivity contribution in [3.05, 3.63) is 46.0 Å². The van der Waals surface area contributed by atoms with Crippen molar-refractivity contribution in [3.8, 4) is 5.75 Å². The van der Waals surface area contributed by atoms with Crippen molar-refractivity contribution >= 4 is 22.2 Å². The molecule has 0 spiro atoms. The monoisotopic (exact) mass is 258 g/mol. The topological polar surface area (TPSA) is 37.9 Å². The fourth-order valence-electron chi connectivity index (χ4n) is 1.95. The van der Waals surface area contributed by atoms with Gasteiger partial charge in [-0.25, -0.2) is 4.98 Å². The highest BCUT2D eigenvalue weighted by Crippen LogP contribution is 2.23. The molecule has 3 aromatic rings. The molecule has 0 aliphatic rings. The van der Waals surface area contributed by atoms with Gasteiger partial charge in [0.25, 0.3) is 0 Å². The number of ether oxygens (including phenoxy) is 1. The molecular weight excluding hydrogens is 244 g/mol. The van der Waals surface area contributed by atoms with E-state index in [4.69, 9.17) is 4.74 Å². The Hall–Kier alpha value is -1.81. The predicted octanol–water partition coefficient (Wildman–Crippen LogP) is 3.82. The fourth-order valence-corrected chi connectivity index (χ4v) is 2.65. The van der Waals surface area contributed by atoms with Crippen LogP contribution in [0.15, 0.2) is 30.6 Å². The highest BCUT2D eigenvalue weighted by Gasteiger charge is 2.03. The highest BCUT2D eigenvalue weighted by molar-refractivity contribution is 7.11. The molecule has 0 radical (unpaired) electrons. The van der Waals surface area contributed by atoms with E-state index in [0.717, 1.165) is 16.3 Å². The van der Waals surface area contributed by atoms with Gasteiger partial charge in [0.15, 0.2) is 0 Å². The lowest BCUT2D eigenvalue weighted by Crippen LogP contribution is -1.94. The van der Waals surface area contributed by atoms with Crippen molar-refractivity contribution in [2.24, 2.45) is 0 Å². The van der Waals surface area contributed by atoms with Gasteiger partial charge in [0.1, 0.15) is 17.4 Å². The fraction of sp³-hybridized carbons (Fsp3) is 0.214. The number of aryl methyl sites for hydroxylation is 2. The van der Waals surface area contributed by atoms with Crippen LogP contribution in [0.2, 0.25) is 0 Å². The molecule has 0 aliphatic heterocycles. The number of fused-ring (bicyclic) bond motifs is 1. The molecule has 2 heterocycles. The first-order valence-electron chi connectivity index (χ1n) is 5.84. The van der Waals surface area contributed by atoms with E-state index in [2.05, 4.69) is 29.9 Å². The Morgan fingerprint density at radius 2 is 2.22 bits per heavy atom. The minimum atomic E-state index is 0.531. The van der Waals surface area contributed by atoms with Crippen LogP contribution in [0.4, 0.5) is 0 Å². The average Bonchev–Trinajstić information content (AvgIpc) is 2.94. The van der Waals surface area contributed by atoms with Crippen LogP contribution in [0.5, 0.6) is 5.75 Å². The van der Waals surface area contributed by atoms with Crippen LogP contribution < -0.4 is 4.74 Å². The largest absolute Gasteiger partial charge is 0.486 e. The number of hydrogen-bond acceptors (Lipinski definition) is 3. The first-order chi connectivity index (χ1) is 8.72. The Morgan fingerprint density at radius 1 is 1.33 bits per heavy atom. The van der Waals surface area contributed by atoms with E-state index in [1.165, 1.54) is 15.8 Å². The number of H-pyrrole nitrogens is 1. The molecule has 1 N–H and O–H groups in total. The van der Waals surface area contributed by atoms with Gasteiger partial charge in [0.2, 0.25) is 0 Å². The Kier molecular flexibility index (Phi) is 2.80. The SMILES string of the molecule is Cc1cnc(COc2ccc3c(C)c[nH]c3c2)s1. The lowest BCUT2D eigenvalue weighted by atomic mass is 10.2. The quantitative estimate of drug-likeness (QED) is 0.775. The third-order valence-electron chi connectivity index (χ3n) is 2.89. The zero-order valence-electron chi connectivity index (χ0n) is 10.4. The Morgan fingerprint density at radius 3 is 3.00 bits per heavy atom. The standard InChI is InChI=1S/C14H14N2OS/c1-9-6-15-13-5-11(3-4-12(9)13)17-8-14-16-7-10(2)18-14/h3-7,15H,8H2,1-2H3. The van der Waals surface area contributed by atoms with Gasteiger partial charge in [-0.1, -0.05) is 0 Å². The second-order valence-electron chi connectivity index (χ2n) is 4.33. The Labute approximate surface area is 109 Å². The van der Waals surface area contributed by atoms with Crippen LogP contribution >= 0.6 is 11.3 Å². The average molecular weight is 258 g/mol. The summed E-state index contributed by atoms with van der Waals surface area (Å²) in [5.41, 5.74) is 2.37. The third kappa shape index (κ3) is 2.11. The van der Waals surface area contributed by atoms with Crippen molar-refractivity contribution in [1.82, 2.24) is 9.97 Å². The summed E-state index contributed by atoms with van der Waals surface area (Å²) in [4.78, 5) is 8.73. The van der Waals surface area contributed by atoms with Gasteiger partial charge in [0.05, 0.1) is 0 Å². The molecule has 0 amide bonds. The molecule has 0 saturated heterocycles. The summed E-state index contributed by atoms with van der Waals surface area (Å²) < 4.78 is 5.75. The molecule has 0 fully saturated rings. The maximum atomic E-state index is 5.75. The first kappa shape index (κ1) is 11.3. The molecule has 0 unspecified atom stereocenters. The van der Waals surface area contributed by atoms with Crippen molar-refractivity contribution in [1.29, 1.82) is 0 Å². The van der Waals surface area contributed by atoms with Crippen molar-refractivity contribution in [2.45, 2.75) is 20.5 Å². The molecule has 92 valence electrons. The number of rotatable bonds is 3. The predicted molar refractivity (Wildman–Crippen MR) is 74.2 cm³/mol. The Balaban J connectivity index is 1.78. The van der Waals surface area contributed by atoms with Crippen molar-refractivity contribution < 1.29 is 4.74 Å². The zero-order valence-corrected chi connectivity index (χ0v) is 11.2. The van der Waals surface area contributed by atoms with Gasteiger partial charge in [0, 0.05) is 34.2 Å². The molecule has 0 atom stereocenters. The van der Waals surface area contributed by atoms with Crippen LogP contribution in [0, 0.1) is 13.8 Å². The third-order valence-corrected chi connectivity index (χ3v) is 3.78. The lowest BCUT2D eigenvalue weighted by Gasteiger charge is -2.04. The number of benzene rings is 1. The van der Waals surface area contributed by atoms with E-state index in [1.54, 1.807) is 11.3 Å². The molecule has 18 heavy (non-hydrogen) atoms. The first-order valence-corrected chi connectivity index (χ1v) is 6.66.